The molecule has 1 aliphatic carbocycles. The van der Waals surface area contributed by atoms with E-state index in [1.165, 1.54) is 12.1 Å². The van der Waals surface area contributed by atoms with Crippen molar-refractivity contribution in [2.24, 2.45) is 0 Å². The maximum atomic E-state index is 13.2. The van der Waals surface area contributed by atoms with Gasteiger partial charge in [0.05, 0.1) is 11.1 Å². The van der Waals surface area contributed by atoms with Crippen LogP contribution in [-0.4, -0.2) is 36.3 Å². The second-order valence-corrected chi connectivity index (χ2v) is 10.4. The summed E-state index contributed by atoms with van der Waals surface area (Å²) in [5, 5.41) is 12.7. The van der Waals surface area contributed by atoms with Gasteiger partial charge in [0.25, 0.3) is 0 Å². The molecule has 1 saturated heterocycles. The standard InChI is InChI=1S/C28H23BrF3N3O/c1-27(36)22-8-3-2-7-20(22)24-21-16-18(29)9-10-23(21)33-26(25(24)27)35-13-11-34(12-14-35)19-6-4-5-17(15-19)28(30,31)32/h2-10,15-16,36H,11-14H2,1H3. The van der Waals surface area contributed by atoms with Crippen molar-refractivity contribution in [1.29, 1.82) is 0 Å². The molecule has 0 radical (unpaired) electrons. The minimum atomic E-state index is -4.37. The molecular weight excluding hydrogens is 531 g/mol. The van der Waals surface area contributed by atoms with Crippen molar-refractivity contribution >= 4 is 38.3 Å². The molecule has 1 aliphatic heterocycles. The molecule has 0 saturated carbocycles. The van der Waals surface area contributed by atoms with Gasteiger partial charge in [-0.2, -0.15) is 13.2 Å². The highest BCUT2D eigenvalue weighted by Gasteiger charge is 2.43. The molecule has 1 aromatic heterocycles. The first-order valence-corrected chi connectivity index (χ1v) is 12.6. The Morgan fingerprint density at radius 3 is 2.39 bits per heavy atom. The number of benzene rings is 3. The zero-order valence-corrected chi connectivity index (χ0v) is 21.1. The average Bonchev–Trinajstić information content (AvgIpc) is 3.11. The van der Waals surface area contributed by atoms with Gasteiger partial charge >= 0.3 is 6.18 Å². The predicted molar refractivity (Wildman–Crippen MR) is 139 cm³/mol. The number of piperazine rings is 1. The van der Waals surface area contributed by atoms with Crippen molar-refractivity contribution in [3.8, 4) is 11.1 Å². The van der Waals surface area contributed by atoms with E-state index in [9.17, 15) is 18.3 Å². The fourth-order valence-electron chi connectivity index (χ4n) is 5.51. The number of hydrogen-bond donors (Lipinski definition) is 1. The number of fused-ring (bicyclic) bond motifs is 5. The van der Waals surface area contributed by atoms with Gasteiger partial charge in [0, 0.05) is 52.9 Å². The Bertz CT molecular complexity index is 1490. The van der Waals surface area contributed by atoms with E-state index in [1.54, 1.807) is 6.07 Å². The summed E-state index contributed by atoms with van der Waals surface area (Å²) in [6, 6.07) is 19.3. The Hall–Kier alpha value is -3.10. The van der Waals surface area contributed by atoms with Crippen molar-refractivity contribution in [3.63, 3.8) is 0 Å². The number of nitrogens with zero attached hydrogens (tertiary/aromatic N) is 3. The molecule has 0 spiro atoms. The summed E-state index contributed by atoms with van der Waals surface area (Å²) in [6.45, 7) is 4.05. The van der Waals surface area contributed by atoms with Gasteiger partial charge in [-0.1, -0.05) is 46.3 Å². The number of aromatic nitrogens is 1. The fraction of sp³-hybridized carbons (Fsp3) is 0.250. The number of anilines is 2. The lowest BCUT2D eigenvalue weighted by Gasteiger charge is -2.38. The molecule has 1 unspecified atom stereocenters. The molecule has 184 valence electrons. The summed E-state index contributed by atoms with van der Waals surface area (Å²) in [4.78, 5) is 9.13. The minimum absolute atomic E-state index is 0.547. The van der Waals surface area contributed by atoms with E-state index in [1.807, 2.05) is 54.3 Å². The van der Waals surface area contributed by atoms with Gasteiger partial charge in [-0.3, -0.25) is 0 Å². The smallest absolute Gasteiger partial charge is 0.381 e. The molecule has 1 fully saturated rings. The largest absolute Gasteiger partial charge is 0.416 e. The zero-order chi connectivity index (χ0) is 25.2. The van der Waals surface area contributed by atoms with Crippen molar-refractivity contribution in [3.05, 3.63) is 87.9 Å². The quantitative estimate of drug-likeness (QED) is 0.304. The van der Waals surface area contributed by atoms with Gasteiger partial charge < -0.3 is 14.9 Å². The number of alkyl halides is 3. The normalized spacial score (nSPS) is 19.5. The Morgan fingerprint density at radius 1 is 0.917 bits per heavy atom. The number of aliphatic hydroxyl groups is 1. The third-order valence-electron chi connectivity index (χ3n) is 7.25. The van der Waals surface area contributed by atoms with E-state index in [2.05, 4.69) is 20.8 Å². The van der Waals surface area contributed by atoms with Gasteiger partial charge in [-0.25, -0.2) is 4.98 Å². The molecule has 4 nitrogen and oxygen atoms in total. The SMILES string of the molecule is CC1(O)c2ccccc2-c2c1c(N1CCN(c3cccc(C(F)(F)F)c3)CC1)nc1ccc(Br)cc21. The van der Waals surface area contributed by atoms with Crippen LogP contribution in [0, 0.1) is 0 Å². The molecule has 0 bridgehead atoms. The van der Waals surface area contributed by atoms with Crippen molar-refractivity contribution in [1.82, 2.24) is 4.98 Å². The molecular formula is C28H23BrF3N3O. The van der Waals surface area contributed by atoms with E-state index in [-0.39, 0.29) is 0 Å². The van der Waals surface area contributed by atoms with Crippen LogP contribution in [0.4, 0.5) is 24.7 Å². The summed E-state index contributed by atoms with van der Waals surface area (Å²) >= 11 is 3.57. The monoisotopic (exact) mass is 553 g/mol. The average molecular weight is 554 g/mol. The van der Waals surface area contributed by atoms with Crippen LogP contribution in [-0.2, 0) is 11.8 Å². The Morgan fingerprint density at radius 2 is 1.64 bits per heavy atom. The Labute approximate surface area is 215 Å². The number of halogens is 4. The molecule has 0 amide bonds. The highest BCUT2D eigenvalue weighted by Crippen LogP contribution is 2.53. The van der Waals surface area contributed by atoms with Crippen LogP contribution in [0.5, 0.6) is 0 Å². The highest BCUT2D eigenvalue weighted by molar-refractivity contribution is 9.10. The molecule has 1 N–H and O–H groups in total. The molecule has 2 aliphatic rings. The summed E-state index contributed by atoms with van der Waals surface area (Å²) in [6.07, 6.45) is -4.37. The van der Waals surface area contributed by atoms with Crippen molar-refractivity contribution in [2.45, 2.75) is 18.7 Å². The molecule has 36 heavy (non-hydrogen) atoms. The Balaban J connectivity index is 1.40. The molecule has 2 heterocycles. The van der Waals surface area contributed by atoms with Gasteiger partial charge in [-0.15, -0.1) is 0 Å². The first-order valence-electron chi connectivity index (χ1n) is 11.8. The van der Waals surface area contributed by atoms with Crippen LogP contribution in [0.15, 0.2) is 71.2 Å². The van der Waals surface area contributed by atoms with Crippen LogP contribution in [0.3, 0.4) is 0 Å². The lowest BCUT2D eigenvalue weighted by molar-refractivity contribution is -0.137. The molecule has 3 aromatic carbocycles. The van der Waals surface area contributed by atoms with E-state index < -0.39 is 17.3 Å². The van der Waals surface area contributed by atoms with Crippen LogP contribution in [0.1, 0.15) is 23.6 Å². The topological polar surface area (TPSA) is 39.6 Å². The van der Waals surface area contributed by atoms with Gasteiger partial charge in [0.15, 0.2) is 0 Å². The third-order valence-corrected chi connectivity index (χ3v) is 7.75. The van der Waals surface area contributed by atoms with E-state index in [4.69, 9.17) is 4.98 Å². The fourth-order valence-corrected chi connectivity index (χ4v) is 5.87. The molecule has 4 aromatic rings. The maximum Gasteiger partial charge on any atom is 0.416 e. The van der Waals surface area contributed by atoms with Crippen molar-refractivity contribution in [2.75, 3.05) is 36.0 Å². The summed E-state index contributed by atoms with van der Waals surface area (Å²) in [5.74, 6) is 0.727. The van der Waals surface area contributed by atoms with Crippen LogP contribution >= 0.6 is 15.9 Å². The molecule has 8 heteroatoms. The van der Waals surface area contributed by atoms with Crippen LogP contribution < -0.4 is 9.80 Å². The van der Waals surface area contributed by atoms with Crippen LogP contribution in [0.2, 0.25) is 0 Å². The Kier molecular flexibility index (Phi) is 5.32. The lowest BCUT2D eigenvalue weighted by atomic mass is 9.93. The maximum absolute atomic E-state index is 13.2. The lowest BCUT2D eigenvalue weighted by Crippen LogP contribution is -2.47. The van der Waals surface area contributed by atoms with Gasteiger partial charge in [0.1, 0.15) is 11.4 Å². The van der Waals surface area contributed by atoms with Crippen molar-refractivity contribution < 1.29 is 18.3 Å². The second kappa shape index (κ2) is 8.21. The number of pyridine rings is 1. The first-order chi connectivity index (χ1) is 17.1. The van der Waals surface area contributed by atoms with Gasteiger partial charge in [-0.05, 0) is 54.4 Å². The van der Waals surface area contributed by atoms with Crippen LogP contribution in [0.25, 0.3) is 22.0 Å². The second-order valence-electron chi connectivity index (χ2n) is 9.49. The number of rotatable bonds is 2. The predicted octanol–water partition coefficient (Wildman–Crippen LogP) is 6.58. The third kappa shape index (κ3) is 3.66. The van der Waals surface area contributed by atoms with E-state index in [0.29, 0.717) is 31.9 Å². The summed E-state index contributed by atoms with van der Waals surface area (Å²) in [7, 11) is 0. The van der Waals surface area contributed by atoms with E-state index in [0.717, 1.165) is 49.5 Å². The highest BCUT2D eigenvalue weighted by atomic mass is 79.9. The molecule has 6 rings (SSSR count). The van der Waals surface area contributed by atoms with Gasteiger partial charge in [0.2, 0.25) is 0 Å². The molecule has 1 atom stereocenters. The summed E-state index contributed by atoms with van der Waals surface area (Å²) in [5.41, 5.74) is 3.13. The van der Waals surface area contributed by atoms with E-state index >= 15 is 0 Å². The number of hydrogen-bond acceptors (Lipinski definition) is 4. The zero-order valence-electron chi connectivity index (χ0n) is 19.5. The minimum Gasteiger partial charge on any atom is -0.381 e. The first kappa shape index (κ1) is 23.3. The summed E-state index contributed by atoms with van der Waals surface area (Å²) < 4.78 is 40.6.